The van der Waals surface area contributed by atoms with E-state index < -0.39 is 24.3 Å². The minimum absolute atomic E-state index is 0. The Hall–Kier alpha value is -0.0287. The summed E-state index contributed by atoms with van der Waals surface area (Å²) in [5.41, 5.74) is -1.60. The van der Waals surface area contributed by atoms with Crippen molar-refractivity contribution in [1.29, 1.82) is 0 Å². The van der Waals surface area contributed by atoms with Crippen molar-refractivity contribution in [2.75, 3.05) is 0 Å². The third-order valence-electron chi connectivity index (χ3n) is 2.20. The Morgan fingerprint density at radius 2 is 2.00 bits per heavy atom. The molecule has 0 radical (unpaired) electrons. The topological polar surface area (TPSA) is 56.2 Å². The van der Waals surface area contributed by atoms with Crippen molar-refractivity contribution < 1.29 is 73.9 Å². The summed E-state index contributed by atoms with van der Waals surface area (Å²) in [6.45, 7) is -0.452. The van der Waals surface area contributed by atoms with Gasteiger partial charge < -0.3 is 27.7 Å². The maximum absolute atomic E-state index is 12.8. The molecule has 1 rings (SSSR count). The van der Waals surface area contributed by atoms with Gasteiger partial charge in [0.2, 0.25) is 0 Å². The van der Waals surface area contributed by atoms with Crippen LogP contribution in [0, 0.1) is 0 Å². The number of halogens is 3. The van der Waals surface area contributed by atoms with E-state index >= 15 is 0 Å². The molecule has 0 atom stereocenters. The first-order valence-electron chi connectivity index (χ1n) is 5.68. The third-order valence-corrected chi connectivity index (χ3v) is 2.20. The summed E-state index contributed by atoms with van der Waals surface area (Å²) >= 11 is 0. The van der Waals surface area contributed by atoms with Crippen LogP contribution in [0.15, 0.2) is 6.20 Å². The van der Waals surface area contributed by atoms with Crippen LogP contribution in [0.25, 0.3) is 0 Å². The number of aryl methyl sites for hydroxylation is 1. The van der Waals surface area contributed by atoms with Gasteiger partial charge in [-0.1, -0.05) is 0 Å². The molecule has 20 heavy (non-hydrogen) atoms. The van der Waals surface area contributed by atoms with Gasteiger partial charge in [-0.2, -0.15) is 5.10 Å². The van der Waals surface area contributed by atoms with E-state index in [4.69, 9.17) is 4.74 Å². The van der Waals surface area contributed by atoms with E-state index in [0.29, 0.717) is 0 Å². The van der Waals surface area contributed by atoms with E-state index in [-0.39, 0.29) is 63.5 Å². The molecule has 0 fully saturated rings. The minimum atomic E-state index is -5.18. The number of carbonyl (C=O) groups is 1. The van der Waals surface area contributed by atoms with Crippen molar-refractivity contribution in [1.82, 2.24) is 15.1 Å². The molecule has 0 saturated heterocycles. The second-order valence-electron chi connectivity index (χ2n) is 5.11. The molecule has 5 nitrogen and oxygen atoms in total. The normalized spacial score (nSPS) is 11.8. The number of hydrogen-bond donors (Lipinski definition) is 1. The zero-order valence-electron chi connectivity index (χ0n) is 12.2. The Balaban J connectivity index is 0.00000361. The molecule has 0 aliphatic rings. The molecule has 1 heterocycles. The molecule has 1 aromatic rings. The van der Waals surface area contributed by atoms with Crippen LogP contribution < -0.4 is 62.3 Å². The molecule has 0 saturated carbocycles. The fourth-order valence-electron chi connectivity index (χ4n) is 1.53. The maximum atomic E-state index is 12.8. The Bertz CT molecular complexity index is 471. The van der Waals surface area contributed by atoms with Gasteiger partial charge in [-0.15, -0.1) is 0 Å². The van der Waals surface area contributed by atoms with Crippen molar-refractivity contribution in [3.63, 3.8) is 0 Å². The molecule has 0 aliphatic heterocycles. The molecule has 0 spiro atoms. The summed E-state index contributed by atoms with van der Waals surface area (Å²) in [6.07, 6.45) is 0.319. The summed E-state index contributed by atoms with van der Waals surface area (Å²) in [7, 11) is 1.21. The minimum Gasteiger partial charge on any atom is -0.444 e. The number of aromatic nitrogens is 2. The summed E-state index contributed by atoms with van der Waals surface area (Å²) in [5.74, 6) is 0. The SMILES string of the molecule is Cn1ncc(CNC(=O)OC(C)(C)C)c1[B-](F)(F)F.[K+]. The second kappa shape index (κ2) is 7.30. The number of carbonyl (C=O) groups excluding carboxylic acids is 1. The summed E-state index contributed by atoms with van der Waals surface area (Å²) in [5, 5.41) is 5.83. The van der Waals surface area contributed by atoms with Gasteiger partial charge in [0.1, 0.15) is 5.60 Å². The predicted molar refractivity (Wildman–Crippen MR) is 65.0 cm³/mol. The van der Waals surface area contributed by atoms with E-state index in [0.717, 1.165) is 10.9 Å². The van der Waals surface area contributed by atoms with Crippen LogP contribution in [-0.2, 0) is 18.3 Å². The van der Waals surface area contributed by atoms with Gasteiger partial charge >= 0.3 is 64.5 Å². The van der Waals surface area contributed by atoms with Gasteiger partial charge in [0.05, 0.1) is 6.20 Å². The smallest absolute Gasteiger partial charge is 0.444 e. The number of nitrogens with one attached hydrogen (secondary N) is 1. The largest absolute Gasteiger partial charge is 1.00 e. The Morgan fingerprint density at radius 1 is 1.45 bits per heavy atom. The fourth-order valence-corrected chi connectivity index (χ4v) is 1.53. The van der Waals surface area contributed by atoms with Gasteiger partial charge in [-0.25, -0.2) is 4.79 Å². The van der Waals surface area contributed by atoms with E-state index in [1.54, 1.807) is 20.8 Å². The van der Waals surface area contributed by atoms with Gasteiger partial charge in [0.15, 0.2) is 0 Å². The standard InChI is InChI=1S/C10H16BF3N3O2.K/c1-10(2,3)19-9(18)15-5-7-6-16-17(4)8(7)11(12,13)14;/h6H,5H2,1-4H3,(H,15,18);/q-1;+1. The maximum Gasteiger partial charge on any atom is 1.00 e. The summed E-state index contributed by atoms with van der Waals surface area (Å²) in [6, 6.07) is 0. The van der Waals surface area contributed by atoms with Crippen LogP contribution >= 0.6 is 0 Å². The number of amides is 1. The monoisotopic (exact) mass is 317 g/mol. The molecular formula is C10H16BF3KN3O2. The van der Waals surface area contributed by atoms with Crippen LogP contribution in [-0.4, -0.2) is 28.5 Å². The predicted octanol–water partition coefficient (Wildman–Crippen LogP) is -1.50. The number of nitrogens with zero attached hydrogens (tertiary/aromatic N) is 2. The molecule has 108 valence electrons. The summed E-state index contributed by atoms with van der Waals surface area (Å²) in [4.78, 5) is 11.4. The Morgan fingerprint density at radius 3 is 2.45 bits per heavy atom. The van der Waals surface area contributed by atoms with E-state index in [1.165, 1.54) is 7.05 Å². The average molecular weight is 317 g/mol. The van der Waals surface area contributed by atoms with Crippen LogP contribution in [0.3, 0.4) is 0 Å². The second-order valence-corrected chi connectivity index (χ2v) is 5.11. The van der Waals surface area contributed by atoms with Crippen molar-refractivity contribution >= 4 is 18.7 Å². The van der Waals surface area contributed by atoms with Crippen LogP contribution in [0.1, 0.15) is 26.3 Å². The summed E-state index contributed by atoms with van der Waals surface area (Å²) < 4.78 is 44.1. The number of ether oxygens (including phenoxy) is 1. The molecule has 0 unspecified atom stereocenters. The zero-order valence-corrected chi connectivity index (χ0v) is 15.3. The fraction of sp³-hybridized carbons (Fsp3) is 0.600. The van der Waals surface area contributed by atoms with E-state index in [9.17, 15) is 17.7 Å². The first kappa shape index (κ1) is 20.0. The van der Waals surface area contributed by atoms with Crippen molar-refractivity contribution in [2.45, 2.75) is 32.9 Å². The molecule has 1 amide bonds. The van der Waals surface area contributed by atoms with Gasteiger partial charge in [0, 0.05) is 13.6 Å². The van der Waals surface area contributed by atoms with E-state index in [1.807, 2.05) is 0 Å². The Labute approximate surface area is 158 Å². The molecule has 0 bridgehead atoms. The van der Waals surface area contributed by atoms with Crippen molar-refractivity contribution in [3.8, 4) is 0 Å². The molecular weight excluding hydrogens is 301 g/mol. The quantitative estimate of drug-likeness (QED) is 0.691. The van der Waals surface area contributed by atoms with Crippen LogP contribution in [0.4, 0.5) is 17.7 Å². The number of hydrogen-bond acceptors (Lipinski definition) is 3. The van der Waals surface area contributed by atoms with Gasteiger partial charge in [0.25, 0.3) is 0 Å². The Kier molecular flexibility index (Phi) is 7.29. The molecule has 0 aromatic carbocycles. The molecule has 1 N–H and O–H groups in total. The average Bonchev–Trinajstić information content (AvgIpc) is 2.53. The van der Waals surface area contributed by atoms with E-state index in [2.05, 4.69) is 10.4 Å². The van der Waals surface area contributed by atoms with Gasteiger partial charge in [-0.05, 0) is 31.9 Å². The van der Waals surface area contributed by atoms with Crippen molar-refractivity contribution in [3.05, 3.63) is 11.8 Å². The van der Waals surface area contributed by atoms with Crippen LogP contribution in [0.5, 0.6) is 0 Å². The molecule has 0 aliphatic carbocycles. The molecule has 10 heteroatoms. The first-order chi connectivity index (χ1) is 8.50. The first-order valence-corrected chi connectivity index (χ1v) is 5.68. The third kappa shape index (κ3) is 6.17. The van der Waals surface area contributed by atoms with Crippen LogP contribution in [0.2, 0.25) is 0 Å². The number of alkyl carbamates (subject to hydrolysis) is 1. The van der Waals surface area contributed by atoms with Crippen molar-refractivity contribution in [2.24, 2.45) is 7.05 Å². The zero-order chi connectivity index (χ0) is 14.8. The number of rotatable bonds is 3. The molecule has 1 aromatic heterocycles. The van der Waals surface area contributed by atoms with Gasteiger partial charge in [-0.3, -0.25) is 0 Å².